The number of thiazole rings is 2. The van der Waals surface area contributed by atoms with Gasteiger partial charge in [-0.3, -0.25) is 14.4 Å². The zero-order chi connectivity index (χ0) is 51.7. The van der Waals surface area contributed by atoms with Crippen LogP contribution in [-0.2, 0) is 39.1 Å². The zero-order valence-electron chi connectivity index (χ0n) is 40.5. The molecular weight excluding hydrogens is 1000 g/mol. The predicted molar refractivity (Wildman–Crippen MR) is 278 cm³/mol. The predicted octanol–water partition coefficient (Wildman–Crippen LogP) is 8.76. The summed E-state index contributed by atoms with van der Waals surface area (Å²) in [6.45, 7) is 11.3. The molecule has 2 amide bonds. The molecule has 0 unspecified atom stereocenters. The monoisotopic (exact) mass is 1070 g/mol. The van der Waals surface area contributed by atoms with E-state index in [0.29, 0.717) is 40.9 Å². The highest BCUT2D eigenvalue weighted by Gasteiger charge is 2.30. The largest absolute Gasteiger partial charge is 0.447 e. The van der Waals surface area contributed by atoms with Gasteiger partial charge in [0.2, 0.25) is 20.0 Å². The number of imidazole rings is 1. The van der Waals surface area contributed by atoms with Gasteiger partial charge in [0, 0.05) is 84.1 Å². The molecule has 2 aliphatic rings. The van der Waals surface area contributed by atoms with E-state index in [4.69, 9.17) is 19.1 Å². The van der Waals surface area contributed by atoms with Crippen molar-refractivity contribution in [1.82, 2.24) is 40.0 Å². The molecule has 0 spiro atoms. The quantitative estimate of drug-likeness (QED) is 0.0430. The minimum Gasteiger partial charge on any atom is -0.447 e. The van der Waals surface area contributed by atoms with Gasteiger partial charge in [-0.1, -0.05) is 45.5 Å². The molecule has 72 heavy (non-hydrogen) atoms. The molecule has 2 fully saturated rings. The van der Waals surface area contributed by atoms with Gasteiger partial charge in [-0.05, 0) is 91.2 Å². The Bertz CT molecular complexity index is 2770. The molecule has 5 N–H and O–H groups in total. The van der Waals surface area contributed by atoms with Crippen molar-refractivity contribution in [1.29, 1.82) is 0 Å². The highest BCUT2D eigenvalue weighted by atomic mass is 32.2. The van der Waals surface area contributed by atoms with Crippen LogP contribution in [0.5, 0.6) is 0 Å². The van der Waals surface area contributed by atoms with Crippen LogP contribution in [0, 0.1) is 0 Å². The van der Waals surface area contributed by atoms with Crippen LogP contribution in [0.15, 0.2) is 71.0 Å². The van der Waals surface area contributed by atoms with Crippen molar-refractivity contribution in [3.63, 3.8) is 0 Å². The molecule has 19 nitrogen and oxygen atoms in total. The molecule has 392 valence electrons. The third kappa shape index (κ3) is 16.7. The summed E-state index contributed by atoms with van der Waals surface area (Å²) in [5.41, 5.74) is 2.16. The molecule has 3 aromatic heterocycles. The number of rotatable bonds is 17. The van der Waals surface area contributed by atoms with E-state index in [2.05, 4.69) is 40.0 Å². The highest BCUT2D eigenvalue weighted by molar-refractivity contribution is 7.90. The van der Waals surface area contributed by atoms with Crippen molar-refractivity contribution < 1.29 is 50.3 Å². The van der Waals surface area contributed by atoms with E-state index in [9.17, 15) is 31.2 Å². The van der Waals surface area contributed by atoms with Crippen molar-refractivity contribution in [3.8, 4) is 32.3 Å². The van der Waals surface area contributed by atoms with Crippen molar-refractivity contribution in [2.75, 3.05) is 13.1 Å². The van der Waals surface area contributed by atoms with E-state index in [0.717, 1.165) is 71.1 Å². The molecule has 2 saturated carbocycles. The molecule has 5 aromatic rings. The number of nitrogens with one attached hydrogen (secondary N) is 5. The molecule has 0 atom stereocenters. The number of amides is 2. The number of aromatic nitrogens is 4. The molecule has 0 radical (unpaired) electrons. The van der Waals surface area contributed by atoms with Crippen LogP contribution in [0.2, 0.25) is 0 Å². The number of benzene rings is 2. The van der Waals surface area contributed by atoms with E-state index in [1.165, 1.54) is 28.7 Å². The van der Waals surface area contributed by atoms with Crippen LogP contribution in [0.1, 0.15) is 133 Å². The summed E-state index contributed by atoms with van der Waals surface area (Å²) in [5, 5.41) is 7.81. The topological polar surface area (TPSA) is 275 Å². The SMILES string of the molecule is C.CCNS(=O)(=O)c1cc(-c2ncc[nH]2)ccc1-c1cnc(C2CCC(NC(=O)OC(C)C)CC2)s1.CCNS(=O)(=O)c1cc(C=O)ccc1-c1cnc(C2CCC(NC(=O)OC(C)C)CC2)s1.O=CC=O. The van der Waals surface area contributed by atoms with Gasteiger partial charge in [0.1, 0.15) is 12.1 Å². The molecule has 7 rings (SSSR count). The standard InChI is InChI=1S/C24H31N5O4S2.C22H29N3O5S2.C2H2O2.CH4/c1-4-28-35(31,32)21-13-17(22-25-11-12-26-22)7-10-19(21)20-14-27-23(34-20)16-5-8-18(9-6-16)29-24(30)33-15(2)3;1-4-24-32(28,29)20-11-15(13-26)5-10-18(20)19-12-23-21(31-19)16-6-8-17(9-7-16)25-22(27)30-14(2)3;3-1-2-4;/h7,10-16,18,28H,4-6,8-9H2,1-3H3,(H,25,26)(H,29,30);5,10-14,16-17,24H,4,6-9H2,1-3H3,(H,25,27);1-2H;1H4. The van der Waals surface area contributed by atoms with Gasteiger partial charge in [-0.2, -0.15) is 0 Å². The maximum Gasteiger partial charge on any atom is 0.407 e. The third-order valence-corrected chi connectivity index (χ3v) is 16.8. The number of hydrogen-bond donors (Lipinski definition) is 5. The number of ether oxygens (including phenoxy) is 2. The molecule has 0 aliphatic heterocycles. The number of aldehydes is 3. The number of nitrogens with zero attached hydrogens (tertiary/aromatic N) is 3. The van der Waals surface area contributed by atoms with Crippen LogP contribution in [0.4, 0.5) is 9.59 Å². The van der Waals surface area contributed by atoms with Crippen molar-refractivity contribution in [2.24, 2.45) is 0 Å². The second-order valence-corrected chi connectivity index (χ2v) is 22.8. The van der Waals surface area contributed by atoms with Gasteiger partial charge in [-0.25, -0.2) is 50.8 Å². The van der Waals surface area contributed by atoms with Gasteiger partial charge < -0.3 is 25.1 Å². The Morgan fingerprint density at radius 2 is 1.12 bits per heavy atom. The Morgan fingerprint density at radius 3 is 1.51 bits per heavy atom. The lowest BCUT2D eigenvalue weighted by Crippen LogP contribution is -2.38. The lowest BCUT2D eigenvalue weighted by atomic mass is 9.86. The van der Waals surface area contributed by atoms with Gasteiger partial charge in [0.25, 0.3) is 0 Å². The summed E-state index contributed by atoms with van der Waals surface area (Å²) >= 11 is 3.00. The second kappa shape index (κ2) is 27.9. The molecular formula is C49H66N8O11S4. The van der Waals surface area contributed by atoms with Gasteiger partial charge in [0.05, 0.1) is 41.8 Å². The summed E-state index contributed by atoms with van der Waals surface area (Å²) < 4.78 is 66.9. The second-order valence-electron chi connectivity index (χ2n) is 17.2. The fourth-order valence-electron chi connectivity index (χ4n) is 8.09. The molecule has 2 aromatic carbocycles. The third-order valence-electron chi connectivity index (χ3n) is 11.3. The number of hydrogen-bond acceptors (Lipinski definition) is 16. The zero-order valence-corrected chi connectivity index (χ0v) is 43.8. The number of H-pyrrole nitrogens is 1. The average Bonchev–Trinajstić information content (AvgIpc) is 4.16. The first-order valence-electron chi connectivity index (χ1n) is 23.4. The number of carbonyl (C=O) groups is 5. The Morgan fingerprint density at radius 1 is 0.681 bits per heavy atom. The highest BCUT2D eigenvalue weighted by Crippen LogP contribution is 2.41. The molecule has 3 heterocycles. The van der Waals surface area contributed by atoms with Crippen LogP contribution >= 0.6 is 22.7 Å². The summed E-state index contributed by atoms with van der Waals surface area (Å²) in [4.78, 5) is 70.9. The first kappa shape index (κ1) is 58.8. The maximum absolute atomic E-state index is 13.0. The molecule has 23 heteroatoms. The number of carbonyl (C=O) groups excluding carboxylic acids is 5. The lowest BCUT2D eigenvalue weighted by Gasteiger charge is -2.28. The van der Waals surface area contributed by atoms with E-state index < -0.39 is 20.0 Å². The van der Waals surface area contributed by atoms with Crippen LogP contribution in [0.3, 0.4) is 0 Å². The van der Waals surface area contributed by atoms with E-state index in [1.54, 1.807) is 56.8 Å². The Balaban J connectivity index is 0.000000288. The minimum atomic E-state index is -3.75. The minimum absolute atomic E-state index is 0. The van der Waals surface area contributed by atoms with E-state index in [-0.39, 0.29) is 84.6 Å². The fraction of sp³-hybridized carbons (Fsp3) is 0.469. The summed E-state index contributed by atoms with van der Waals surface area (Å²) in [6, 6.07) is 10.2. The number of alkyl carbamates (subject to hydrolysis) is 2. The van der Waals surface area contributed by atoms with Crippen LogP contribution in [-0.4, -0.2) is 105 Å². The first-order chi connectivity index (χ1) is 33.9. The number of aromatic amines is 1. The van der Waals surface area contributed by atoms with Crippen molar-refractivity contribution in [3.05, 3.63) is 76.8 Å². The molecule has 0 saturated heterocycles. The number of sulfonamides is 2. The normalized spacial score (nSPS) is 17.7. The van der Waals surface area contributed by atoms with Gasteiger partial charge in [0.15, 0.2) is 12.6 Å². The summed E-state index contributed by atoms with van der Waals surface area (Å²) in [6.07, 6.45) is 13.7. The summed E-state index contributed by atoms with van der Waals surface area (Å²) in [7, 11) is -7.46. The van der Waals surface area contributed by atoms with Crippen molar-refractivity contribution in [2.45, 2.75) is 146 Å². The smallest absolute Gasteiger partial charge is 0.407 e. The maximum atomic E-state index is 13.0. The van der Waals surface area contributed by atoms with E-state index in [1.807, 2.05) is 39.8 Å². The summed E-state index contributed by atoms with van der Waals surface area (Å²) in [5.74, 6) is 1.15. The fourth-order valence-corrected chi connectivity index (χ4v) is 13.1. The van der Waals surface area contributed by atoms with Gasteiger partial charge in [-0.15, -0.1) is 22.7 Å². The first-order valence-corrected chi connectivity index (χ1v) is 28.0. The Labute approximate surface area is 430 Å². The Hall–Kier alpha value is -5.72. The van der Waals surface area contributed by atoms with Crippen LogP contribution in [0.25, 0.3) is 32.3 Å². The van der Waals surface area contributed by atoms with Crippen LogP contribution < -0.4 is 20.1 Å². The average molecular weight is 1070 g/mol. The molecule has 0 bridgehead atoms. The lowest BCUT2D eigenvalue weighted by molar-refractivity contribution is -0.122. The van der Waals surface area contributed by atoms with E-state index >= 15 is 0 Å². The van der Waals surface area contributed by atoms with Gasteiger partial charge >= 0.3 is 12.2 Å². The Kier molecular flexibility index (Phi) is 22.8. The van der Waals surface area contributed by atoms with Crippen molar-refractivity contribution >= 4 is 73.8 Å². The molecule has 2 aliphatic carbocycles.